The zero-order chi connectivity index (χ0) is 23.3. The standard InChI is InChI=1S/C25H23ClFN3O2S/c1-13-4-3-5-15(8-13)23-22(29-14(2)33-23)25(32)30-12-16-9-19(16)21(30)11-28-24(31)18-7-6-17(27)10-20(18)26/h3-8,10,16,19,21H,9,11-12H2,1-2H3,(H,28,31)/t16-,19?,21-/m1/s1. The fraction of sp³-hybridized carbons (Fsp3) is 0.320. The highest BCUT2D eigenvalue weighted by Crippen LogP contribution is 2.50. The predicted octanol–water partition coefficient (Wildman–Crippen LogP) is 5.11. The topological polar surface area (TPSA) is 62.3 Å². The maximum Gasteiger partial charge on any atom is 0.274 e. The number of fused-ring (bicyclic) bond motifs is 1. The van der Waals surface area contributed by atoms with E-state index in [0.717, 1.165) is 33.5 Å². The Balaban J connectivity index is 1.35. The van der Waals surface area contributed by atoms with Crippen LogP contribution in [0.2, 0.25) is 5.02 Å². The van der Waals surface area contributed by atoms with E-state index in [9.17, 15) is 14.0 Å². The molecule has 2 aliphatic rings. The van der Waals surface area contributed by atoms with E-state index < -0.39 is 5.82 Å². The molecule has 2 heterocycles. The van der Waals surface area contributed by atoms with Crippen LogP contribution in [0.1, 0.15) is 37.8 Å². The van der Waals surface area contributed by atoms with Crippen LogP contribution in [0.3, 0.4) is 0 Å². The third-order valence-electron chi connectivity index (χ3n) is 6.43. The Labute approximate surface area is 200 Å². The van der Waals surface area contributed by atoms with Crippen LogP contribution in [-0.4, -0.2) is 40.8 Å². The minimum atomic E-state index is -0.493. The first-order valence-corrected chi connectivity index (χ1v) is 12.1. The Kier molecular flexibility index (Phi) is 5.70. The number of halogens is 2. The monoisotopic (exact) mass is 483 g/mol. The van der Waals surface area contributed by atoms with E-state index in [4.69, 9.17) is 11.6 Å². The number of aryl methyl sites for hydroxylation is 2. The molecule has 2 amide bonds. The Morgan fingerprint density at radius 1 is 1.24 bits per heavy atom. The zero-order valence-electron chi connectivity index (χ0n) is 18.3. The van der Waals surface area contributed by atoms with Gasteiger partial charge in [0.2, 0.25) is 0 Å². The maximum atomic E-state index is 13.6. The summed E-state index contributed by atoms with van der Waals surface area (Å²) in [5.41, 5.74) is 2.81. The number of piperidine rings is 1. The molecule has 1 unspecified atom stereocenters. The molecule has 1 aliphatic carbocycles. The van der Waals surface area contributed by atoms with Crippen molar-refractivity contribution in [1.29, 1.82) is 0 Å². The number of amides is 2. The smallest absolute Gasteiger partial charge is 0.274 e. The molecule has 8 heteroatoms. The summed E-state index contributed by atoms with van der Waals surface area (Å²) in [6.45, 7) is 4.93. The lowest BCUT2D eigenvalue weighted by Gasteiger charge is -2.27. The summed E-state index contributed by atoms with van der Waals surface area (Å²) in [4.78, 5) is 33.6. The fourth-order valence-electron chi connectivity index (χ4n) is 4.72. The molecular weight excluding hydrogens is 461 g/mol. The molecule has 0 bridgehead atoms. The summed E-state index contributed by atoms with van der Waals surface area (Å²) < 4.78 is 13.3. The van der Waals surface area contributed by atoms with E-state index in [0.29, 0.717) is 30.6 Å². The van der Waals surface area contributed by atoms with Crippen molar-refractivity contribution in [2.24, 2.45) is 11.8 Å². The lowest BCUT2D eigenvalue weighted by molar-refractivity contribution is 0.0690. The molecule has 170 valence electrons. The van der Waals surface area contributed by atoms with Crippen LogP contribution in [0.15, 0.2) is 42.5 Å². The third kappa shape index (κ3) is 4.27. The first kappa shape index (κ1) is 22.0. The number of carbonyl (C=O) groups is 2. The fourth-order valence-corrected chi connectivity index (χ4v) is 5.88. The zero-order valence-corrected chi connectivity index (χ0v) is 19.8. The molecule has 5 nitrogen and oxygen atoms in total. The molecule has 3 atom stereocenters. The van der Waals surface area contributed by atoms with Gasteiger partial charge in [0.25, 0.3) is 11.8 Å². The van der Waals surface area contributed by atoms with Gasteiger partial charge in [0, 0.05) is 13.1 Å². The minimum Gasteiger partial charge on any atom is -0.350 e. The molecule has 1 aliphatic heterocycles. The van der Waals surface area contributed by atoms with Crippen LogP contribution in [0.25, 0.3) is 10.4 Å². The lowest BCUT2D eigenvalue weighted by Crippen LogP contribution is -2.45. The molecule has 33 heavy (non-hydrogen) atoms. The van der Waals surface area contributed by atoms with E-state index in [2.05, 4.69) is 16.4 Å². The Bertz CT molecular complexity index is 1260. The Hall–Kier alpha value is -2.77. The number of aromatic nitrogens is 1. The molecule has 2 fully saturated rings. The van der Waals surface area contributed by atoms with Crippen LogP contribution in [0.4, 0.5) is 4.39 Å². The summed E-state index contributed by atoms with van der Waals surface area (Å²) >= 11 is 7.55. The van der Waals surface area contributed by atoms with Crippen molar-refractivity contribution in [1.82, 2.24) is 15.2 Å². The Morgan fingerprint density at radius 3 is 2.82 bits per heavy atom. The Morgan fingerprint density at radius 2 is 2.06 bits per heavy atom. The van der Waals surface area contributed by atoms with Crippen molar-refractivity contribution in [3.63, 3.8) is 0 Å². The average molecular weight is 484 g/mol. The van der Waals surface area contributed by atoms with E-state index in [1.807, 2.05) is 36.9 Å². The summed E-state index contributed by atoms with van der Waals surface area (Å²) in [6, 6.07) is 11.7. The number of thiazole rings is 1. The van der Waals surface area contributed by atoms with Crippen molar-refractivity contribution < 1.29 is 14.0 Å². The molecule has 1 saturated heterocycles. The molecule has 0 radical (unpaired) electrons. The summed E-state index contributed by atoms with van der Waals surface area (Å²) in [5, 5.41) is 3.81. The van der Waals surface area contributed by atoms with Gasteiger partial charge >= 0.3 is 0 Å². The summed E-state index contributed by atoms with van der Waals surface area (Å²) in [7, 11) is 0. The first-order valence-electron chi connectivity index (χ1n) is 10.9. The number of nitrogens with one attached hydrogen (secondary N) is 1. The average Bonchev–Trinajstić information content (AvgIpc) is 3.28. The molecule has 2 aromatic carbocycles. The van der Waals surface area contributed by atoms with Gasteiger partial charge in [-0.1, -0.05) is 41.4 Å². The van der Waals surface area contributed by atoms with Gasteiger partial charge < -0.3 is 10.2 Å². The number of hydrogen-bond donors (Lipinski definition) is 1. The van der Waals surface area contributed by atoms with E-state index in [1.165, 1.54) is 23.5 Å². The number of rotatable bonds is 5. The predicted molar refractivity (Wildman–Crippen MR) is 127 cm³/mol. The third-order valence-corrected chi connectivity index (χ3v) is 7.76. The van der Waals surface area contributed by atoms with Gasteiger partial charge in [-0.25, -0.2) is 9.37 Å². The van der Waals surface area contributed by atoms with Gasteiger partial charge in [0.15, 0.2) is 0 Å². The normalized spacial score (nSPS) is 21.1. The van der Waals surface area contributed by atoms with Gasteiger partial charge in [0.1, 0.15) is 11.5 Å². The lowest BCUT2D eigenvalue weighted by atomic mass is 10.1. The highest BCUT2D eigenvalue weighted by atomic mass is 35.5. The molecule has 5 rings (SSSR count). The number of hydrogen-bond acceptors (Lipinski definition) is 4. The molecule has 3 aromatic rings. The maximum absolute atomic E-state index is 13.6. The molecule has 1 saturated carbocycles. The van der Waals surface area contributed by atoms with Gasteiger partial charge in [-0.3, -0.25) is 9.59 Å². The second kappa shape index (κ2) is 8.54. The second-order valence-corrected chi connectivity index (χ2v) is 10.4. The number of likely N-dealkylation sites (tertiary alicyclic amines) is 1. The van der Waals surface area contributed by atoms with Gasteiger partial charge in [-0.2, -0.15) is 0 Å². The number of carbonyl (C=O) groups excluding carboxylic acids is 2. The van der Waals surface area contributed by atoms with Gasteiger partial charge in [-0.05, 0) is 55.9 Å². The van der Waals surface area contributed by atoms with Crippen molar-refractivity contribution in [3.05, 3.63) is 75.1 Å². The van der Waals surface area contributed by atoms with E-state index in [-0.39, 0.29) is 28.4 Å². The minimum absolute atomic E-state index is 0.0666. The molecule has 1 aromatic heterocycles. The van der Waals surface area contributed by atoms with Crippen molar-refractivity contribution in [2.45, 2.75) is 26.3 Å². The summed E-state index contributed by atoms with van der Waals surface area (Å²) in [6.07, 6.45) is 1.06. The van der Waals surface area contributed by atoms with Crippen LogP contribution in [0.5, 0.6) is 0 Å². The SMILES string of the molecule is Cc1cccc(-c2sc(C)nc2C(=O)N2C[C@H]3CC3[C@H]2CNC(=O)c2ccc(F)cc2Cl)c1. The quantitative estimate of drug-likeness (QED) is 0.548. The molecule has 1 N–H and O–H groups in total. The van der Waals surface area contributed by atoms with Crippen molar-refractivity contribution in [3.8, 4) is 10.4 Å². The summed E-state index contributed by atoms with van der Waals surface area (Å²) in [5.74, 6) is -0.121. The number of nitrogens with zero attached hydrogens (tertiary/aromatic N) is 2. The van der Waals surface area contributed by atoms with E-state index >= 15 is 0 Å². The van der Waals surface area contributed by atoms with Crippen molar-refractivity contribution >= 4 is 34.8 Å². The second-order valence-electron chi connectivity index (χ2n) is 8.80. The van der Waals surface area contributed by atoms with Crippen LogP contribution in [0, 0.1) is 31.5 Å². The molecule has 0 spiro atoms. The van der Waals surface area contributed by atoms with Gasteiger partial charge in [0.05, 0.1) is 26.5 Å². The van der Waals surface area contributed by atoms with Crippen molar-refractivity contribution in [2.75, 3.05) is 13.1 Å². The largest absolute Gasteiger partial charge is 0.350 e. The first-order chi connectivity index (χ1) is 15.8. The van der Waals surface area contributed by atoms with Crippen LogP contribution in [-0.2, 0) is 0 Å². The highest BCUT2D eigenvalue weighted by molar-refractivity contribution is 7.15. The van der Waals surface area contributed by atoms with E-state index in [1.54, 1.807) is 0 Å². The number of benzene rings is 2. The van der Waals surface area contributed by atoms with Crippen LogP contribution < -0.4 is 5.32 Å². The van der Waals surface area contributed by atoms with Gasteiger partial charge in [-0.15, -0.1) is 11.3 Å². The highest BCUT2D eigenvalue weighted by Gasteiger charge is 2.54. The molecular formula is C25H23ClFN3O2S. The van der Waals surface area contributed by atoms with Crippen LogP contribution >= 0.6 is 22.9 Å².